The molecule has 0 saturated carbocycles. The molecule has 0 bridgehead atoms. The van der Waals surface area contributed by atoms with Crippen molar-refractivity contribution >= 4 is 6.08 Å². The molecule has 154 valence electrons. The summed E-state index contributed by atoms with van der Waals surface area (Å²) < 4.78 is 2.15. The third kappa shape index (κ3) is 4.71. The molecule has 0 N–H and O–H groups in total. The second-order valence-electron chi connectivity index (χ2n) is 8.21. The van der Waals surface area contributed by atoms with Crippen LogP contribution in [0.15, 0.2) is 48.2 Å². The lowest BCUT2D eigenvalue weighted by atomic mass is 9.96. The molecule has 0 aliphatic heterocycles. The minimum atomic E-state index is 0.447. The summed E-state index contributed by atoms with van der Waals surface area (Å²) in [6.45, 7) is 10.8. The van der Waals surface area contributed by atoms with Crippen LogP contribution < -0.4 is 0 Å². The normalized spacial score (nSPS) is 10.7. The lowest BCUT2D eigenvalue weighted by molar-refractivity contribution is 0.861. The summed E-state index contributed by atoms with van der Waals surface area (Å²) in [4.78, 5) is 4.70. The lowest BCUT2D eigenvalue weighted by Gasteiger charge is -2.19. The van der Waals surface area contributed by atoms with Crippen molar-refractivity contribution in [2.75, 3.05) is 0 Å². The van der Waals surface area contributed by atoms with Crippen LogP contribution in [0.2, 0.25) is 0 Å². The summed E-state index contributed by atoms with van der Waals surface area (Å²) in [7, 11) is 0. The molecule has 3 aromatic rings. The fourth-order valence-corrected chi connectivity index (χ4v) is 4.07. The molecule has 1 aromatic heterocycles. The van der Waals surface area contributed by atoms with Gasteiger partial charge in [0, 0.05) is 11.8 Å². The Morgan fingerprint density at radius 3 is 2.30 bits per heavy atom. The van der Waals surface area contributed by atoms with E-state index in [-0.39, 0.29) is 0 Å². The van der Waals surface area contributed by atoms with Crippen molar-refractivity contribution in [1.29, 1.82) is 5.26 Å². The van der Waals surface area contributed by atoms with Gasteiger partial charge in [0.25, 0.3) is 0 Å². The number of nitriles is 1. The first-order valence-electron chi connectivity index (χ1n) is 10.8. The lowest BCUT2D eigenvalue weighted by Crippen LogP contribution is -2.07. The van der Waals surface area contributed by atoms with E-state index in [1.54, 1.807) is 0 Å². The number of hydrogen-bond donors (Lipinski definition) is 0. The highest BCUT2D eigenvalue weighted by molar-refractivity contribution is 5.67. The Kier molecular flexibility index (Phi) is 6.90. The van der Waals surface area contributed by atoms with Crippen molar-refractivity contribution in [1.82, 2.24) is 9.55 Å². The van der Waals surface area contributed by atoms with Crippen LogP contribution in [-0.2, 0) is 12.8 Å². The smallest absolute Gasteiger partial charge is 0.159 e. The van der Waals surface area contributed by atoms with E-state index in [4.69, 9.17) is 4.98 Å². The molecule has 30 heavy (non-hydrogen) atoms. The van der Waals surface area contributed by atoms with Gasteiger partial charge in [-0.2, -0.15) is 5.26 Å². The molecule has 0 spiro atoms. The van der Waals surface area contributed by atoms with Crippen molar-refractivity contribution in [3.8, 4) is 23.1 Å². The molecule has 0 saturated heterocycles. The van der Waals surface area contributed by atoms with Gasteiger partial charge in [-0.05, 0) is 56.4 Å². The van der Waals surface area contributed by atoms with Gasteiger partial charge in [-0.25, -0.2) is 4.98 Å². The van der Waals surface area contributed by atoms with Crippen LogP contribution in [-0.4, -0.2) is 9.55 Å². The number of aryl methyl sites for hydroxylation is 3. The number of benzene rings is 2. The van der Waals surface area contributed by atoms with Gasteiger partial charge in [0.1, 0.15) is 11.9 Å². The standard InChI is InChI=1S/C27H31N3/c1-6-9-22-14-20(5)15-23(10-7-2)26(22)30-18-25(17-28)29-27(30)24-12-8-11-21(16-24)13-19(3)4/h8,11-16,18H,6-7,9-10H2,1-5H3. The highest BCUT2D eigenvalue weighted by atomic mass is 15.1. The first-order valence-corrected chi connectivity index (χ1v) is 10.8. The Labute approximate surface area is 180 Å². The Hall–Kier alpha value is -3.12. The fourth-order valence-electron chi connectivity index (χ4n) is 4.07. The zero-order valence-electron chi connectivity index (χ0n) is 18.8. The molecule has 0 fully saturated rings. The van der Waals surface area contributed by atoms with Crippen LogP contribution in [0.25, 0.3) is 23.2 Å². The molecule has 0 amide bonds. The Morgan fingerprint density at radius 1 is 1.07 bits per heavy atom. The van der Waals surface area contributed by atoms with E-state index in [1.807, 2.05) is 6.20 Å². The molecule has 1 heterocycles. The Balaban J connectivity index is 2.28. The second kappa shape index (κ2) is 9.59. The molecular weight excluding hydrogens is 366 g/mol. The van der Waals surface area contributed by atoms with Crippen LogP contribution in [0.1, 0.15) is 68.5 Å². The van der Waals surface area contributed by atoms with Gasteiger partial charge in [0.2, 0.25) is 0 Å². The average molecular weight is 398 g/mol. The molecule has 0 aliphatic carbocycles. The van der Waals surface area contributed by atoms with Crippen molar-refractivity contribution in [3.63, 3.8) is 0 Å². The largest absolute Gasteiger partial charge is 0.298 e. The maximum absolute atomic E-state index is 9.60. The minimum Gasteiger partial charge on any atom is -0.298 e. The van der Waals surface area contributed by atoms with E-state index in [0.29, 0.717) is 5.69 Å². The molecule has 0 unspecified atom stereocenters. The van der Waals surface area contributed by atoms with Crippen molar-refractivity contribution in [2.24, 2.45) is 0 Å². The van der Waals surface area contributed by atoms with Gasteiger partial charge in [-0.15, -0.1) is 0 Å². The molecule has 3 heteroatoms. The monoisotopic (exact) mass is 397 g/mol. The molecule has 0 aliphatic rings. The third-order valence-corrected chi connectivity index (χ3v) is 5.11. The van der Waals surface area contributed by atoms with Crippen LogP contribution in [0, 0.1) is 18.3 Å². The number of aromatic nitrogens is 2. The minimum absolute atomic E-state index is 0.447. The summed E-state index contributed by atoms with van der Waals surface area (Å²) in [6, 6.07) is 15.2. The van der Waals surface area contributed by atoms with Gasteiger partial charge in [-0.3, -0.25) is 4.57 Å². The number of rotatable bonds is 7. The molecule has 2 aromatic carbocycles. The van der Waals surface area contributed by atoms with E-state index < -0.39 is 0 Å². The Bertz CT molecular complexity index is 1080. The number of hydrogen-bond acceptors (Lipinski definition) is 2. The highest BCUT2D eigenvalue weighted by Gasteiger charge is 2.18. The predicted molar refractivity (Wildman–Crippen MR) is 126 cm³/mol. The van der Waals surface area contributed by atoms with Crippen molar-refractivity contribution < 1.29 is 0 Å². The van der Waals surface area contributed by atoms with Crippen LogP contribution in [0.4, 0.5) is 0 Å². The van der Waals surface area contributed by atoms with Crippen molar-refractivity contribution in [2.45, 2.75) is 60.3 Å². The number of allylic oxidation sites excluding steroid dienone is 1. The van der Waals surface area contributed by atoms with E-state index in [2.05, 4.69) is 87.7 Å². The maximum atomic E-state index is 9.60. The average Bonchev–Trinajstić information content (AvgIpc) is 3.12. The predicted octanol–water partition coefficient (Wildman–Crippen LogP) is 7.05. The number of nitrogens with zero attached hydrogens (tertiary/aromatic N) is 3. The maximum Gasteiger partial charge on any atom is 0.159 e. The first-order chi connectivity index (χ1) is 14.5. The third-order valence-electron chi connectivity index (χ3n) is 5.11. The van der Waals surface area contributed by atoms with Gasteiger partial charge in [0.05, 0.1) is 5.69 Å². The van der Waals surface area contributed by atoms with Gasteiger partial charge in [-0.1, -0.05) is 74.2 Å². The fraction of sp³-hybridized carbons (Fsp3) is 0.333. The highest BCUT2D eigenvalue weighted by Crippen LogP contribution is 2.31. The van der Waals surface area contributed by atoms with E-state index >= 15 is 0 Å². The first kappa shape index (κ1) is 21.6. The number of imidazole rings is 1. The van der Waals surface area contributed by atoms with Crippen molar-refractivity contribution in [3.05, 3.63) is 76.1 Å². The molecule has 0 atom stereocenters. The van der Waals surface area contributed by atoms with Crippen LogP contribution in [0.5, 0.6) is 0 Å². The Morgan fingerprint density at radius 2 is 1.73 bits per heavy atom. The summed E-state index contributed by atoms with van der Waals surface area (Å²) in [6.07, 6.45) is 8.22. The topological polar surface area (TPSA) is 41.6 Å². The van der Waals surface area contributed by atoms with Crippen LogP contribution >= 0.6 is 0 Å². The van der Waals surface area contributed by atoms with E-state index in [0.717, 1.165) is 42.6 Å². The zero-order valence-corrected chi connectivity index (χ0v) is 18.8. The zero-order chi connectivity index (χ0) is 21.7. The summed E-state index contributed by atoms with van der Waals surface area (Å²) in [5.74, 6) is 0.828. The van der Waals surface area contributed by atoms with Gasteiger partial charge >= 0.3 is 0 Å². The molecule has 3 nitrogen and oxygen atoms in total. The van der Waals surface area contributed by atoms with E-state index in [1.165, 1.54) is 28.0 Å². The second-order valence-corrected chi connectivity index (χ2v) is 8.21. The van der Waals surface area contributed by atoms with Gasteiger partial charge in [0.15, 0.2) is 5.69 Å². The van der Waals surface area contributed by atoms with Crippen LogP contribution in [0.3, 0.4) is 0 Å². The molecule has 3 rings (SSSR count). The quantitative estimate of drug-likeness (QED) is 0.429. The molecular formula is C27H31N3. The van der Waals surface area contributed by atoms with E-state index in [9.17, 15) is 5.26 Å². The molecule has 0 radical (unpaired) electrons. The summed E-state index contributed by atoms with van der Waals surface area (Å²) >= 11 is 0. The SMILES string of the molecule is CCCc1cc(C)cc(CCC)c1-n1cc(C#N)nc1-c1cccc(C=C(C)C)c1. The summed E-state index contributed by atoms with van der Waals surface area (Å²) in [5.41, 5.74) is 9.00. The van der Waals surface area contributed by atoms with Gasteiger partial charge < -0.3 is 0 Å². The summed E-state index contributed by atoms with van der Waals surface area (Å²) in [5, 5.41) is 9.60.